The van der Waals surface area contributed by atoms with Crippen molar-refractivity contribution < 1.29 is 0 Å². The lowest BCUT2D eigenvalue weighted by Crippen LogP contribution is -2.31. The number of rotatable bonds is 7. The lowest BCUT2D eigenvalue weighted by molar-refractivity contribution is 0.485. The molecule has 2 unspecified atom stereocenters. The summed E-state index contributed by atoms with van der Waals surface area (Å²) in [6, 6.07) is 55.6. The molecule has 254 valence electrons. The summed E-state index contributed by atoms with van der Waals surface area (Å²) in [5, 5.41) is 6.19. The minimum Gasteiger partial charge on any atom is -0.304 e. The van der Waals surface area contributed by atoms with Gasteiger partial charge in [-0.2, -0.15) is 0 Å². The highest BCUT2D eigenvalue weighted by Gasteiger charge is 2.19. The van der Waals surface area contributed by atoms with E-state index in [0.717, 1.165) is 39.9 Å². The van der Waals surface area contributed by atoms with Gasteiger partial charge in [-0.3, -0.25) is 4.98 Å². The van der Waals surface area contributed by atoms with E-state index in [0.29, 0.717) is 23.5 Å². The molecule has 53 heavy (non-hydrogen) atoms. The Morgan fingerprint density at radius 1 is 0.491 bits per heavy atom. The molecular formula is C48H37N5. The van der Waals surface area contributed by atoms with E-state index in [2.05, 4.69) is 115 Å². The summed E-state index contributed by atoms with van der Waals surface area (Å²) in [7, 11) is 0. The first kappa shape index (κ1) is 32.4. The molecule has 9 rings (SSSR count). The first-order valence-electron chi connectivity index (χ1n) is 18.2. The molecule has 0 amide bonds. The van der Waals surface area contributed by atoms with Crippen LogP contribution in [0.3, 0.4) is 0 Å². The van der Waals surface area contributed by atoms with E-state index in [9.17, 15) is 0 Å². The minimum atomic E-state index is 0.235. The predicted octanol–water partition coefficient (Wildman–Crippen LogP) is 11.4. The first-order valence-corrected chi connectivity index (χ1v) is 18.2. The minimum absolute atomic E-state index is 0.235. The van der Waals surface area contributed by atoms with Gasteiger partial charge >= 0.3 is 0 Å². The zero-order chi connectivity index (χ0) is 35.6. The number of pyridine rings is 1. The normalized spacial score (nSPS) is 15.4. The van der Waals surface area contributed by atoms with Crippen molar-refractivity contribution in [2.75, 3.05) is 0 Å². The molecule has 0 saturated heterocycles. The van der Waals surface area contributed by atoms with Crippen LogP contribution >= 0.6 is 0 Å². The van der Waals surface area contributed by atoms with Crippen LogP contribution in [0.5, 0.6) is 0 Å². The monoisotopic (exact) mass is 683 g/mol. The van der Waals surface area contributed by atoms with Crippen molar-refractivity contribution in [3.05, 3.63) is 182 Å². The molecule has 3 heterocycles. The molecule has 0 bridgehead atoms. The summed E-state index contributed by atoms with van der Waals surface area (Å²) in [6.45, 7) is 2.21. The Balaban J connectivity index is 1.11. The first-order chi connectivity index (χ1) is 26.2. The van der Waals surface area contributed by atoms with Gasteiger partial charge in [0.25, 0.3) is 0 Å². The maximum atomic E-state index is 4.94. The molecule has 0 radical (unpaired) electrons. The average Bonchev–Trinajstić information content (AvgIpc) is 3.24. The van der Waals surface area contributed by atoms with Crippen LogP contribution in [-0.2, 0) is 0 Å². The molecule has 0 fully saturated rings. The highest BCUT2D eigenvalue weighted by Crippen LogP contribution is 2.39. The van der Waals surface area contributed by atoms with Crippen LogP contribution in [0, 0.1) is 0 Å². The van der Waals surface area contributed by atoms with Crippen molar-refractivity contribution in [1.82, 2.24) is 25.3 Å². The highest BCUT2D eigenvalue weighted by atomic mass is 15.0. The summed E-state index contributed by atoms with van der Waals surface area (Å²) in [5.41, 5.74) is 10.9. The number of nitrogens with zero attached hydrogens (tertiary/aromatic N) is 4. The molecule has 2 aromatic heterocycles. The summed E-state index contributed by atoms with van der Waals surface area (Å²) < 4.78 is 0. The van der Waals surface area contributed by atoms with Crippen molar-refractivity contribution in [1.29, 1.82) is 0 Å². The van der Waals surface area contributed by atoms with Crippen LogP contribution < -0.4 is 5.32 Å². The third-order valence-electron chi connectivity index (χ3n) is 9.97. The Labute approximate surface area is 309 Å². The van der Waals surface area contributed by atoms with Gasteiger partial charge in [0.05, 0.1) is 5.69 Å². The summed E-state index contributed by atoms with van der Waals surface area (Å²) in [6.07, 6.45) is 7.36. The molecule has 1 aliphatic rings. The smallest absolute Gasteiger partial charge is 0.164 e. The van der Waals surface area contributed by atoms with E-state index in [-0.39, 0.29) is 6.04 Å². The Morgan fingerprint density at radius 2 is 1.02 bits per heavy atom. The Bertz CT molecular complexity index is 2510. The zero-order valence-corrected chi connectivity index (χ0v) is 29.4. The van der Waals surface area contributed by atoms with Crippen LogP contribution in [0.1, 0.15) is 24.9 Å². The topological polar surface area (TPSA) is 63.6 Å². The number of fused-ring (bicyclic) bond motifs is 1. The fourth-order valence-corrected chi connectivity index (χ4v) is 7.32. The van der Waals surface area contributed by atoms with Gasteiger partial charge in [-0.05, 0) is 82.3 Å². The van der Waals surface area contributed by atoms with Crippen molar-refractivity contribution in [3.63, 3.8) is 0 Å². The Hall–Kier alpha value is -6.56. The average molecular weight is 684 g/mol. The van der Waals surface area contributed by atoms with E-state index >= 15 is 0 Å². The maximum Gasteiger partial charge on any atom is 0.164 e. The fraction of sp³-hybridized carbons (Fsp3) is 0.0833. The summed E-state index contributed by atoms with van der Waals surface area (Å²) >= 11 is 0. The lowest BCUT2D eigenvalue weighted by atomic mass is 9.88. The zero-order valence-electron chi connectivity index (χ0n) is 29.4. The van der Waals surface area contributed by atoms with E-state index in [1.807, 2.05) is 72.9 Å². The molecule has 5 nitrogen and oxygen atoms in total. The Kier molecular flexibility index (Phi) is 8.68. The van der Waals surface area contributed by atoms with Gasteiger partial charge in [0.15, 0.2) is 17.5 Å². The molecule has 1 N–H and O–H groups in total. The van der Waals surface area contributed by atoms with Gasteiger partial charge in [0, 0.05) is 40.5 Å². The third-order valence-corrected chi connectivity index (χ3v) is 9.97. The van der Waals surface area contributed by atoms with E-state index in [1.54, 1.807) is 0 Å². The number of hydrogen-bond acceptors (Lipinski definition) is 5. The molecule has 0 saturated carbocycles. The second-order valence-electron chi connectivity index (χ2n) is 13.6. The highest BCUT2D eigenvalue weighted by molar-refractivity contribution is 6.05. The summed E-state index contributed by atoms with van der Waals surface area (Å²) in [5.74, 6) is 1.95. The van der Waals surface area contributed by atoms with Crippen LogP contribution in [0.4, 0.5) is 0 Å². The molecule has 6 aromatic carbocycles. The standard InChI is InChI=1S/C48H37N5/c1-32-13-12-21-45(50-32)39-30-37(29-38(31-39)44-20-10-11-28-49-44)41-27-26-40(42-18-8-9-19-43(41)42)33-22-24-36(25-23-33)48-52-46(34-14-4-2-5-15-34)51-47(53-48)35-16-6-3-7-17-35/h2-20,22-32,45,50H,21H2,1H3. The maximum absolute atomic E-state index is 4.94. The summed E-state index contributed by atoms with van der Waals surface area (Å²) in [4.78, 5) is 19.5. The van der Waals surface area contributed by atoms with Crippen molar-refractivity contribution >= 4 is 10.8 Å². The number of hydrogen-bond donors (Lipinski definition) is 1. The fourth-order valence-electron chi connectivity index (χ4n) is 7.32. The molecule has 1 aliphatic heterocycles. The predicted molar refractivity (Wildman–Crippen MR) is 217 cm³/mol. The van der Waals surface area contributed by atoms with Gasteiger partial charge in [0.2, 0.25) is 0 Å². The van der Waals surface area contributed by atoms with Gasteiger partial charge in [-0.1, -0.05) is 140 Å². The van der Waals surface area contributed by atoms with Crippen molar-refractivity contribution in [2.24, 2.45) is 0 Å². The molecule has 0 aliphatic carbocycles. The molecule has 8 aromatic rings. The third kappa shape index (κ3) is 6.66. The van der Waals surface area contributed by atoms with Crippen molar-refractivity contribution in [2.45, 2.75) is 25.4 Å². The van der Waals surface area contributed by atoms with E-state index < -0.39 is 0 Å². The van der Waals surface area contributed by atoms with Gasteiger partial charge in [-0.25, -0.2) is 15.0 Å². The van der Waals surface area contributed by atoms with Crippen LogP contribution in [0.25, 0.3) is 78.4 Å². The lowest BCUT2D eigenvalue weighted by Gasteiger charge is -2.26. The molecule has 2 atom stereocenters. The van der Waals surface area contributed by atoms with E-state index in [4.69, 9.17) is 19.9 Å². The van der Waals surface area contributed by atoms with Crippen LogP contribution in [0.2, 0.25) is 0 Å². The van der Waals surface area contributed by atoms with Crippen LogP contribution in [0.15, 0.2) is 176 Å². The van der Waals surface area contributed by atoms with Gasteiger partial charge < -0.3 is 5.32 Å². The Morgan fingerprint density at radius 3 is 1.60 bits per heavy atom. The molecule has 5 heteroatoms. The quantitative estimate of drug-likeness (QED) is 0.169. The second-order valence-corrected chi connectivity index (χ2v) is 13.6. The SMILES string of the molecule is CC1C=CCC(c2cc(-c3ccccn3)cc(-c3ccc(-c4ccc(-c5nc(-c6ccccc6)nc(-c6ccccc6)n5)cc4)c4ccccc34)c2)N1. The second kappa shape index (κ2) is 14.2. The van der Waals surface area contributed by atoms with Crippen molar-refractivity contribution in [3.8, 4) is 67.7 Å². The number of nitrogens with one attached hydrogen (secondary N) is 1. The van der Waals surface area contributed by atoms with Crippen LogP contribution in [-0.4, -0.2) is 26.0 Å². The molecular weight excluding hydrogens is 647 g/mol. The van der Waals surface area contributed by atoms with E-state index in [1.165, 1.54) is 33.0 Å². The largest absolute Gasteiger partial charge is 0.304 e. The number of benzene rings is 6. The number of aromatic nitrogens is 4. The van der Waals surface area contributed by atoms with Gasteiger partial charge in [0.1, 0.15) is 0 Å². The van der Waals surface area contributed by atoms with Gasteiger partial charge in [-0.15, -0.1) is 0 Å². The molecule has 0 spiro atoms.